The smallest absolute Gasteiger partial charge is 0.295 e. The molecule has 35 heavy (non-hydrogen) atoms. The quantitative estimate of drug-likeness (QED) is 0.444. The first-order valence-electron chi connectivity index (χ1n) is 11.7. The normalized spacial score (nSPS) is 15.8. The fourth-order valence-electron chi connectivity index (χ4n) is 4.55. The maximum absolute atomic E-state index is 13.6. The summed E-state index contributed by atoms with van der Waals surface area (Å²) in [5.41, 5.74) is 2.98. The number of hydrogen-bond donors (Lipinski definition) is 1. The summed E-state index contributed by atoms with van der Waals surface area (Å²) in [6, 6.07) is 21.0. The van der Waals surface area contributed by atoms with Crippen LogP contribution in [0.3, 0.4) is 0 Å². The Labute approximate surface area is 208 Å². The van der Waals surface area contributed by atoms with Crippen molar-refractivity contribution in [1.82, 2.24) is 19.9 Å². The fraction of sp³-hybridized carbons (Fsp3) is 0.259. The first-order chi connectivity index (χ1) is 17.1. The van der Waals surface area contributed by atoms with Crippen LogP contribution in [-0.4, -0.2) is 33.5 Å². The molecule has 1 amide bonds. The zero-order valence-electron chi connectivity index (χ0n) is 19.2. The monoisotopic (exact) mass is 487 g/mol. The van der Waals surface area contributed by atoms with E-state index in [1.807, 2.05) is 71.6 Å². The molecule has 1 aliphatic heterocycles. The Hall–Kier alpha value is -3.71. The van der Waals surface area contributed by atoms with Gasteiger partial charge in [0, 0.05) is 30.9 Å². The number of carbonyl (C=O) groups excluding carboxylic acids is 1. The molecule has 3 heterocycles. The molecule has 8 heteroatoms. The number of pyridine rings is 1. The number of amides is 1. The zero-order chi connectivity index (χ0) is 24.2. The summed E-state index contributed by atoms with van der Waals surface area (Å²) in [6.45, 7) is 1.94. The van der Waals surface area contributed by atoms with E-state index < -0.39 is 0 Å². The van der Waals surface area contributed by atoms with E-state index in [1.54, 1.807) is 10.8 Å². The highest BCUT2D eigenvalue weighted by Crippen LogP contribution is 2.22. The Morgan fingerprint density at radius 1 is 1.06 bits per heavy atom. The SMILES string of the molecule is O=C(NCc1cccc(Cl)c1)[C@H]1CCCN(c2nc3cccnc3n(Cc3ccccc3)c2=O)C1. The number of carbonyl (C=O) groups is 1. The second kappa shape index (κ2) is 10.3. The lowest BCUT2D eigenvalue weighted by Crippen LogP contribution is -2.45. The maximum Gasteiger partial charge on any atom is 0.295 e. The third-order valence-corrected chi connectivity index (χ3v) is 6.55. The van der Waals surface area contributed by atoms with Crippen molar-refractivity contribution in [2.24, 2.45) is 5.92 Å². The van der Waals surface area contributed by atoms with Crippen molar-refractivity contribution in [2.45, 2.75) is 25.9 Å². The van der Waals surface area contributed by atoms with Gasteiger partial charge in [0.05, 0.1) is 12.5 Å². The first-order valence-corrected chi connectivity index (χ1v) is 12.1. The Bertz CT molecular complexity index is 1410. The second-order valence-corrected chi connectivity index (χ2v) is 9.23. The van der Waals surface area contributed by atoms with Crippen LogP contribution in [0.1, 0.15) is 24.0 Å². The summed E-state index contributed by atoms with van der Waals surface area (Å²) < 4.78 is 1.68. The summed E-state index contributed by atoms with van der Waals surface area (Å²) in [4.78, 5) is 37.6. The highest BCUT2D eigenvalue weighted by atomic mass is 35.5. The minimum atomic E-state index is -0.226. The van der Waals surface area contributed by atoms with E-state index in [1.165, 1.54) is 0 Å². The van der Waals surface area contributed by atoms with Gasteiger partial charge in [-0.25, -0.2) is 9.97 Å². The van der Waals surface area contributed by atoms with Crippen molar-refractivity contribution in [2.75, 3.05) is 18.0 Å². The van der Waals surface area contributed by atoms with Gasteiger partial charge in [-0.05, 0) is 48.2 Å². The Morgan fingerprint density at radius 3 is 2.71 bits per heavy atom. The fourth-order valence-corrected chi connectivity index (χ4v) is 4.76. The van der Waals surface area contributed by atoms with Gasteiger partial charge in [0.1, 0.15) is 5.52 Å². The van der Waals surface area contributed by atoms with Gasteiger partial charge in [-0.15, -0.1) is 0 Å². The highest BCUT2D eigenvalue weighted by molar-refractivity contribution is 6.30. The molecule has 5 rings (SSSR count). The van der Waals surface area contributed by atoms with Gasteiger partial charge in [0.15, 0.2) is 11.5 Å². The van der Waals surface area contributed by atoms with E-state index in [0.29, 0.717) is 48.2 Å². The molecule has 0 unspecified atom stereocenters. The Kier molecular flexibility index (Phi) is 6.77. The molecule has 0 spiro atoms. The van der Waals surface area contributed by atoms with Gasteiger partial charge in [0.25, 0.3) is 5.56 Å². The summed E-state index contributed by atoms with van der Waals surface area (Å²) in [6.07, 6.45) is 3.25. The third-order valence-electron chi connectivity index (χ3n) is 6.32. The van der Waals surface area contributed by atoms with Crippen LogP contribution in [0.4, 0.5) is 5.82 Å². The Balaban J connectivity index is 1.39. The molecule has 0 aliphatic carbocycles. The number of anilines is 1. The minimum Gasteiger partial charge on any atom is -0.352 e. The van der Waals surface area contributed by atoms with Gasteiger partial charge < -0.3 is 10.2 Å². The van der Waals surface area contributed by atoms with Crippen LogP contribution in [0.15, 0.2) is 77.7 Å². The van der Waals surface area contributed by atoms with Crippen LogP contribution in [0.25, 0.3) is 11.2 Å². The standard InChI is InChI=1S/C27H26ClN5O2/c28-22-11-4-9-20(15-22)16-30-26(34)21-10-6-14-32(18-21)25-27(35)33(17-19-7-2-1-3-8-19)24-23(31-25)12-5-13-29-24/h1-5,7-9,11-13,15,21H,6,10,14,16-18H2,(H,30,34)/t21-/m0/s1. The van der Waals surface area contributed by atoms with Crippen molar-refractivity contribution in [3.63, 3.8) is 0 Å². The van der Waals surface area contributed by atoms with Crippen molar-refractivity contribution in [3.8, 4) is 0 Å². The molecular formula is C27H26ClN5O2. The number of nitrogens with one attached hydrogen (secondary N) is 1. The third kappa shape index (κ3) is 5.20. The van der Waals surface area contributed by atoms with Crippen LogP contribution < -0.4 is 15.8 Å². The van der Waals surface area contributed by atoms with Crippen molar-refractivity contribution >= 4 is 34.5 Å². The predicted octanol–water partition coefficient (Wildman–Crippen LogP) is 4.03. The molecule has 2 aromatic heterocycles. The Morgan fingerprint density at radius 2 is 1.89 bits per heavy atom. The van der Waals surface area contributed by atoms with Gasteiger partial charge in [-0.1, -0.05) is 54.1 Å². The average Bonchev–Trinajstić information content (AvgIpc) is 2.89. The van der Waals surface area contributed by atoms with Crippen LogP contribution >= 0.6 is 11.6 Å². The zero-order valence-corrected chi connectivity index (χ0v) is 20.0. The molecule has 1 N–H and O–H groups in total. The van der Waals surface area contributed by atoms with E-state index in [9.17, 15) is 9.59 Å². The molecule has 1 aliphatic rings. The molecule has 0 bridgehead atoms. The number of rotatable bonds is 6. The first kappa shape index (κ1) is 23.1. The van der Waals surface area contributed by atoms with E-state index in [4.69, 9.17) is 11.6 Å². The molecule has 7 nitrogen and oxygen atoms in total. The number of benzene rings is 2. The summed E-state index contributed by atoms with van der Waals surface area (Å²) in [5, 5.41) is 3.66. The van der Waals surface area contributed by atoms with Crippen LogP contribution in [0.5, 0.6) is 0 Å². The molecule has 1 fully saturated rings. The molecule has 0 saturated carbocycles. The molecule has 1 atom stereocenters. The number of aromatic nitrogens is 3. The molecule has 1 saturated heterocycles. The lowest BCUT2D eigenvalue weighted by atomic mass is 9.97. The van der Waals surface area contributed by atoms with Gasteiger partial charge in [-0.2, -0.15) is 0 Å². The number of nitrogens with zero attached hydrogens (tertiary/aromatic N) is 4. The minimum absolute atomic E-state index is 0.0262. The van der Waals surface area contributed by atoms with E-state index in [2.05, 4.69) is 15.3 Å². The predicted molar refractivity (Wildman–Crippen MR) is 138 cm³/mol. The van der Waals surface area contributed by atoms with Crippen LogP contribution in [0, 0.1) is 5.92 Å². The number of hydrogen-bond acceptors (Lipinski definition) is 5. The summed E-state index contributed by atoms with van der Waals surface area (Å²) in [5.74, 6) is 0.117. The highest BCUT2D eigenvalue weighted by Gasteiger charge is 2.28. The van der Waals surface area contributed by atoms with Crippen LogP contribution in [0.2, 0.25) is 5.02 Å². The van der Waals surface area contributed by atoms with Gasteiger partial charge >= 0.3 is 0 Å². The maximum atomic E-state index is 13.6. The van der Waals surface area contributed by atoms with Gasteiger partial charge in [-0.3, -0.25) is 14.2 Å². The second-order valence-electron chi connectivity index (χ2n) is 8.79. The lowest BCUT2D eigenvalue weighted by molar-refractivity contribution is -0.125. The largest absolute Gasteiger partial charge is 0.352 e. The molecule has 178 valence electrons. The number of halogens is 1. The summed E-state index contributed by atoms with van der Waals surface area (Å²) >= 11 is 6.05. The van der Waals surface area contributed by atoms with E-state index >= 15 is 0 Å². The van der Waals surface area contributed by atoms with E-state index in [-0.39, 0.29) is 17.4 Å². The van der Waals surface area contributed by atoms with E-state index in [0.717, 1.165) is 24.0 Å². The number of piperidine rings is 1. The van der Waals surface area contributed by atoms with Crippen molar-refractivity contribution < 1.29 is 4.79 Å². The molecule has 4 aromatic rings. The number of fused-ring (bicyclic) bond motifs is 1. The topological polar surface area (TPSA) is 80.1 Å². The summed E-state index contributed by atoms with van der Waals surface area (Å²) in [7, 11) is 0. The lowest BCUT2D eigenvalue weighted by Gasteiger charge is -2.32. The average molecular weight is 488 g/mol. The van der Waals surface area contributed by atoms with Crippen molar-refractivity contribution in [1.29, 1.82) is 0 Å². The molecule has 0 radical (unpaired) electrons. The van der Waals surface area contributed by atoms with Gasteiger partial charge in [0.2, 0.25) is 5.91 Å². The van der Waals surface area contributed by atoms with Crippen molar-refractivity contribution in [3.05, 3.63) is 99.4 Å². The molecule has 2 aromatic carbocycles. The molecular weight excluding hydrogens is 462 g/mol. The van der Waals surface area contributed by atoms with Crippen LogP contribution in [-0.2, 0) is 17.9 Å².